The second kappa shape index (κ2) is 5.96. The lowest BCUT2D eigenvalue weighted by molar-refractivity contribution is 0.132. The Kier molecular flexibility index (Phi) is 4.77. The minimum atomic E-state index is 0.370. The molecule has 0 nitrogen and oxygen atoms in total. The SMILES string of the molecule is CC1CCC(C(C)(C)CCc2ccsc2)C(Cl)C1. The van der Waals surface area contributed by atoms with E-state index < -0.39 is 0 Å². The molecule has 18 heavy (non-hydrogen) atoms. The van der Waals surface area contributed by atoms with Gasteiger partial charge in [-0.3, -0.25) is 0 Å². The molecule has 2 rings (SSSR count). The number of alkyl halides is 1. The molecule has 1 aliphatic rings. The maximum absolute atomic E-state index is 6.62. The van der Waals surface area contributed by atoms with Gasteiger partial charge in [0.2, 0.25) is 0 Å². The Bertz CT molecular complexity index is 355. The molecule has 1 aromatic heterocycles. The van der Waals surface area contributed by atoms with Crippen LogP contribution in [0.3, 0.4) is 0 Å². The van der Waals surface area contributed by atoms with E-state index in [0.29, 0.717) is 16.7 Å². The molecule has 102 valence electrons. The van der Waals surface area contributed by atoms with Crippen molar-refractivity contribution in [2.45, 2.75) is 58.3 Å². The highest BCUT2D eigenvalue weighted by Crippen LogP contribution is 2.45. The number of aryl methyl sites for hydroxylation is 1. The van der Waals surface area contributed by atoms with Crippen LogP contribution in [0.2, 0.25) is 0 Å². The Balaban J connectivity index is 1.93. The van der Waals surface area contributed by atoms with Crippen LogP contribution in [0.15, 0.2) is 16.8 Å². The fraction of sp³-hybridized carbons (Fsp3) is 0.750. The quantitative estimate of drug-likeness (QED) is 0.618. The molecule has 0 N–H and O–H groups in total. The van der Waals surface area contributed by atoms with Gasteiger partial charge in [0.05, 0.1) is 0 Å². The summed E-state index contributed by atoms with van der Waals surface area (Å²) in [6, 6.07) is 2.25. The first-order valence-corrected chi connectivity index (χ1v) is 8.52. The normalized spacial score (nSPS) is 29.4. The Morgan fingerprint density at radius 3 is 2.78 bits per heavy atom. The van der Waals surface area contributed by atoms with Crippen LogP contribution in [0, 0.1) is 17.3 Å². The summed E-state index contributed by atoms with van der Waals surface area (Å²) in [5.74, 6) is 1.51. The van der Waals surface area contributed by atoms with Crippen LogP contribution in [-0.2, 0) is 6.42 Å². The standard InChI is InChI=1S/C16H25ClS/c1-12-4-5-14(15(17)10-12)16(2,3)8-6-13-7-9-18-11-13/h7,9,11-12,14-15H,4-6,8,10H2,1-3H3. The van der Waals surface area contributed by atoms with Crippen LogP contribution in [0.25, 0.3) is 0 Å². The fourth-order valence-corrected chi connectivity index (χ4v) is 4.75. The third-order valence-corrected chi connectivity index (χ3v) is 5.89. The van der Waals surface area contributed by atoms with Crippen molar-refractivity contribution < 1.29 is 0 Å². The minimum absolute atomic E-state index is 0.370. The van der Waals surface area contributed by atoms with Crippen molar-refractivity contribution >= 4 is 22.9 Å². The van der Waals surface area contributed by atoms with E-state index in [9.17, 15) is 0 Å². The summed E-state index contributed by atoms with van der Waals surface area (Å²) in [6.07, 6.45) is 6.33. The smallest absolute Gasteiger partial charge is 0.0371 e. The van der Waals surface area contributed by atoms with Crippen molar-refractivity contribution in [2.24, 2.45) is 17.3 Å². The number of hydrogen-bond donors (Lipinski definition) is 0. The summed E-state index contributed by atoms with van der Waals surface area (Å²) in [5, 5.41) is 4.83. The second-order valence-corrected chi connectivity index (χ2v) is 8.00. The predicted molar refractivity (Wildman–Crippen MR) is 82.6 cm³/mol. The first-order chi connectivity index (χ1) is 8.49. The van der Waals surface area contributed by atoms with Gasteiger partial charge in [-0.1, -0.05) is 27.2 Å². The Labute approximate surface area is 121 Å². The molecule has 1 aliphatic carbocycles. The van der Waals surface area contributed by atoms with Crippen LogP contribution < -0.4 is 0 Å². The molecule has 0 radical (unpaired) electrons. The van der Waals surface area contributed by atoms with E-state index in [0.717, 1.165) is 5.92 Å². The summed E-state index contributed by atoms with van der Waals surface area (Å²) < 4.78 is 0. The summed E-state index contributed by atoms with van der Waals surface area (Å²) in [7, 11) is 0. The lowest BCUT2D eigenvalue weighted by atomic mass is 9.66. The van der Waals surface area contributed by atoms with Gasteiger partial charge in [-0.05, 0) is 65.3 Å². The van der Waals surface area contributed by atoms with Crippen molar-refractivity contribution in [2.75, 3.05) is 0 Å². The number of halogens is 1. The van der Waals surface area contributed by atoms with Crippen molar-refractivity contribution in [3.05, 3.63) is 22.4 Å². The Hall–Kier alpha value is -0.0100. The Morgan fingerprint density at radius 2 is 2.17 bits per heavy atom. The van der Waals surface area contributed by atoms with Crippen molar-refractivity contribution in [1.82, 2.24) is 0 Å². The van der Waals surface area contributed by atoms with E-state index >= 15 is 0 Å². The van der Waals surface area contributed by atoms with Crippen LogP contribution in [0.5, 0.6) is 0 Å². The van der Waals surface area contributed by atoms with Gasteiger partial charge in [-0.15, -0.1) is 11.6 Å². The van der Waals surface area contributed by atoms with E-state index in [4.69, 9.17) is 11.6 Å². The van der Waals surface area contributed by atoms with Crippen LogP contribution in [-0.4, -0.2) is 5.38 Å². The zero-order valence-corrected chi connectivity index (χ0v) is 13.4. The van der Waals surface area contributed by atoms with E-state index in [1.54, 1.807) is 11.3 Å². The summed E-state index contributed by atoms with van der Waals surface area (Å²) in [6.45, 7) is 7.16. The molecule has 0 spiro atoms. The van der Waals surface area contributed by atoms with Gasteiger partial charge in [0.25, 0.3) is 0 Å². The van der Waals surface area contributed by atoms with Gasteiger partial charge < -0.3 is 0 Å². The van der Waals surface area contributed by atoms with E-state index in [1.807, 2.05) is 0 Å². The molecule has 2 heteroatoms. The highest BCUT2D eigenvalue weighted by atomic mass is 35.5. The van der Waals surface area contributed by atoms with Gasteiger partial charge in [0, 0.05) is 5.38 Å². The molecule has 0 bridgehead atoms. The average molecular weight is 285 g/mol. The summed E-state index contributed by atoms with van der Waals surface area (Å²) in [5.41, 5.74) is 1.86. The number of rotatable bonds is 4. The van der Waals surface area contributed by atoms with Gasteiger partial charge >= 0.3 is 0 Å². The van der Waals surface area contributed by atoms with E-state index in [2.05, 4.69) is 37.6 Å². The average Bonchev–Trinajstić information content (AvgIpc) is 2.78. The summed E-state index contributed by atoms with van der Waals surface area (Å²) >= 11 is 8.43. The first kappa shape index (κ1) is 14.4. The molecule has 1 saturated carbocycles. The van der Waals surface area contributed by atoms with Crippen molar-refractivity contribution in [3.63, 3.8) is 0 Å². The van der Waals surface area contributed by atoms with Gasteiger partial charge in [0.15, 0.2) is 0 Å². The molecule has 3 unspecified atom stereocenters. The molecule has 0 aliphatic heterocycles. The fourth-order valence-electron chi connectivity index (χ4n) is 3.28. The molecule has 0 amide bonds. The Morgan fingerprint density at radius 1 is 1.39 bits per heavy atom. The zero-order valence-electron chi connectivity index (χ0n) is 11.8. The topological polar surface area (TPSA) is 0 Å². The summed E-state index contributed by atoms with van der Waals surface area (Å²) in [4.78, 5) is 0. The first-order valence-electron chi connectivity index (χ1n) is 7.14. The largest absolute Gasteiger partial charge is 0.152 e. The molecule has 0 saturated heterocycles. The van der Waals surface area contributed by atoms with Gasteiger partial charge in [0.1, 0.15) is 0 Å². The van der Waals surface area contributed by atoms with Crippen LogP contribution in [0.4, 0.5) is 0 Å². The third-order valence-electron chi connectivity index (χ3n) is 4.68. The van der Waals surface area contributed by atoms with Gasteiger partial charge in [-0.2, -0.15) is 11.3 Å². The molecular weight excluding hydrogens is 260 g/mol. The molecule has 1 fully saturated rings. The lowest BCUT2D eigenvalue weighted by Gasteiger charge is -2.42. The second-order valence-electron chi connectivity index (χ2n) is 6.66. The highest BCUT2D eigenvalue weighted by Gasteiger charge is 2.37. The molecule has 3 atom stereocenters. The third kappa shape index (κ3) is 3.51. The van der Waals surface area contributed by atoms with Gasteiger partial charge in [-0.25, -0.2) is 0 Å². The number of hydrogen-bond acceptors (Lipinski definition) is 1. The maximum atomic E-state index is 6.62. The molecule has 1 heterocycles. The lowest BCUT2D eigenvalue weighted by Crippen LogP contribution is -2.36. The van der Waals surface area contributed by atoms with Crippen molar-refractivity contribution in [3.8, 4) is 0 Å². The maximum Gasteiger partial charge on any atom is 0.0371 e. The molecular formula is C16H25ClS. The predicted octanol–water partition coefficient (Wildman–Crippen LogP) is 5.75. The monoisotopic (exact) mass is 284 g/mol. The molecule has 0 aromatic carbocycles. The van der Waals surface area contributed by atoms with E-state index in [1.165, 1.54) is 37.7 Å². The zero-order chi connectivity index (χ0) is 13.2. The van der Waals surface area contributed by atoms with E-state index in [-0.39, 0.29) is 0 Å². The highest BCUT2D eigenvalue weighted by molar-refractivity contribution is 7.07. The minimum Gasteiger partial charge on any atom is -0.152 e. The van der Waals surface area contributed by atoms with Crippen LogP contribution in [0.1, 0.15) is 52.0 Å². The molecule has 1 aromatic rings. The van der Waals surface area contributed by atoms with Crippen molar-refractivity contribution in [1.29, 1.82) is 0 Å². The number of thiophene rings is 1. The van der Waals surface area contributed by atoms with Crippen LogP contribution >= 0.6 is 22.9 Å².